The van der Waals surface area contributed by atoms with E-state index < -0.39 is 4.90 Å². The summed E-state index contributed by atoms with van der Waals surface area (Å²) in [4.78, 5) is -0.407. The summed E-state index contributed by atoms with van der Waals surface area (Å²) in [7, 11) is 0. The van der Waals surface area contributed by atoms with Crippen LogP contribution in [0.3, 0.4) is 0 Å². The quantitative estimate of drug-likeness (QED) is 0.489. The second kappa shape index (κ2) is 11.8. The largest absolute Gasteiger partial charge is 2.00 e. The molecule has 0 saturated carbocycles. The average molecular weight is 409 g/mol. The molecular formula is C10H23PVW. The van der Waals surface area contributed by atoms with Crippen molar-refractivity contribution in [2.24, 2.45) is 0 Å². The molecule has 0 bridgehead atoms. The molecule has 1 radical (unpaired) electrons. The van der Waals surface area contributed by atoms with Gasteiger partial charge in [-0.2, -0.15) is 13.8 Å². The van der Waals surface area contributed by atoms with Gasteiger partial charge in [0.2, 0.25) is 0 Å². The fourth-order valence-electron chi connectivity index (χ4n) is 0.493. The minimum atomic E-state index is -0.407. The van der Waals surface area contributed by atoms with Gasteiger partial charge in [0.1, 0.15) is 0 Å². The molecular weight excluding hydrogens is 386 g/mol. The zero-order valence-corrected chi connectivity index (χ0v) is 15.0. The standard InChI is InChI=1S/C7H16P.C3H7.V.W/c1-7(2)5-6-8(3)4;1-3-2;;/h5-6H2,1-4H3;3H,1-2H3;;/q2*-1;+2;. The van der Waals surface area contributed by atoms with Crippen molar-refractivity contribution in [3.8, 4) is 0 Å². The molecule has 0 aliphatic rings. The maximum atomic E-state index is 2.44. The van der Waals surface area contributed by atoms with Gasteiger partial charge in [0.25, 0.3) is 0 Å². The van der Waals surface area contributed by atoms with Crippen molar-refractivity contribution < 1.29 is 37.4 Å². The molecule has 0 aromatic rings. The summed E-state index contributed by atoms with van der Waals surface area (Å²) in [6, 6.07) is 0. The van der Waals surface area contributed by atoms with Crippen molar-refractivity contribution in [2.45, 2.75) is 34.1 Å². The molecule has 0 fully saturated rings. The molecule has 0 aromatic carbocycles. The Balaban J connectivity index is -0.000000220. The normalized spacial score (nSPS) is 10.1. The van der Waals surface area contributed by atoms with Gasteiger partial charge in [-0.3, -0.25) is 0 Å². The maximum Gasteiger partial charge on any atom is 2.00 e. The molecule has 0 aliphatic heterocycles. The first-order chi connectivity index (χ1) is 5.33. The topological polar surface area (TPSA) is 0 Å². The van der Waals surface area contributed by atoms with Gasteiger partial charge in [-0.25, -0.2) is 0 Å². The summed E-state index contributed by atoms with van der Waals surface area (Å²) < 4.78 is 0. The third-order valence-corrected chi connectivity index (χ3v) is 4.42. The smallest absolute Gasteiger partial charge is 0.335 e. The van der Waals surface area contributed by atoms with Gasteiger partial charge in [-0.05, 0) is 0 Å². The first-order valence-electron chi connectivity index (χ1n) is 4.40. The molecule has 0 amide bonds. The van der Waals surface area contributed by atoms with Gasteiger partial charge >= 0.3 is 87.9 Å². The van der Waals surface area contributed by atoms with Gasteiger partial charge in [-0.15, -0.1) is 0 Å². The first kappa shape index (κ1) is 20.2. The van der Waals surface area contributed by atoms with E-state index in [0.717, 1.165) is 0 Å². The molecule has 0 rings (SSSR count). The number of hydrogen-bond donors (Lipinski definition) is 0. The molecule has 79 valence electrons. The van der Waals surface area contributed by atoms with Crippen molar-refractivity contribution in [3.63, 3.8) is 0 Å². The Bertz CT molecular complexity index is 129. The molecule has 0 unspecified atom stereocenters. The minimum Gasteiger partial charge on any atom is -0.335 e. The van der Waals surface area contributed by atoms with Crippen LogP contribution in [0, 0.1) is 12.3 Å². The third-order valence-electron chi connectivity index (χ3n) is 1.15. The first-order valence-corrected chi connectivity index (χ1v) is 11.1. The van der Waals surface area contributed by atoms with Gasteiger partial charge < -0.3 is 6.42 Å². The van der Waals surface area contributed by atoms with Crippen LogP contribution < -0.4 is 0 Å². The SMILES string of the molecule is C[C-](C)CC[P](C)(C)=[W].C[CH-]C.[V+2]. The van der Waals surface area contributed by atoms with E-state index in [4.69, 9.17) is 0 Å². The second-order valence-corrected chi connectivity index (χ2v) is 18.1. The molecule has 0 N–H and O–H groups in total. The van der Waals surface area contributed by atoms with E-state index in [2.05, 4.69) is 27.2 Å². The Morgan fingerprint density at radius 1 is 1.23 bits per heavy atom. The molecule has 0 aliphatic carbocycles. The summed E-state index contributed by atoms with van der Waals surface area (Å²) in [5.74, 6) is 1.59. The van der Waals surface area contributed by atoms with E-state index in [1.165, 1.54) is 12.6 Å². The molecule has 13 heavy (non-hydrogen) atoms. The van der Waals surface area contributed by atoms with Crippen LogP contribution in [0.15, 0.2) is 0 Å². The van der Waals surface area contributed by atoms with Crippen LogP contribution in [0.2, 0.25) is 0 Å². The van der Waals surface area contributed by atoms with E-state index in [9.17, 15) is 0 Å². The summed E-state index contributed by atoms with van der Waals surface area (Å²) in [6.07, 6.45) is 4.81. The van der Waals surface area contributed by atoms with Gasteiger partial charge in [0.15, 0.2) is 0 Å². The number of rotatable bonds is 3. The Kier molecular flexibility index (Phi) is 18.3. The van der Waals surface area contributed by atoms with Crippen molar-refractivity contribution in [2.75, 3.05) is 19.5 Å². The third kappa shape index (κ3) is 31.6. The molecule has 0 spiro atoms. The Hall–Kier alpha value is 1.70. The minimum absolute atomic E-state index is 0. The summed E-state index contributed by atoms with van der Waals surface area (Å²) >= 11 is 1.82. The van der Waals surface area contributed by atoms with E-state index in [-0.39, 0.29) is 18.6 Å². The maximum absolute atomic E-state index is 2.44. The monoisotopic (exact) mass is 409 g/mol. The summed E-state index contributed by atoms with van der Waals surface area (Å²) in [6.45, 7) is 13.3. The second-order valence-electron chi connectivity index (χ2n) is 3.83. The van der Waals surface area contributed by atoms with Crippen LogP contribution in [-0.4, -0.2) is 19.5 Å². The van der Waals surface area contributed by atoms with Gasteiger partial charge in [-0.1, -0.05) is 0 Å². The average Bonchev–Trinajstić information content (AvgIpc) is 1.84. The fourth-order valence-corrected chi connectivity index (χ4v) is 2.46. The van der Waals surface area contributed by atoms with Crippen LogP contribution >= 0.6 is 4.90 Å². The Morgan fingerprint density at radius 3 is 1.62 bits per heavy atom. The fraction of sp³-hybridized carbons (Fsp3) is 0.800. The van der Waals surface area contributed by atoms with Crippen LogP contribution in [-0.2, 0) is 37.4 Å². The van der Waals surface area contributed by atoms with Crippen molar-refractivity contribution in [1.82, 2.24) is 0 Å². The van der Waals surface area contributed by atoms with Crippen LogP contribution in [0.4, 0.5) is 0 Å². The van der Waals surface area contributed by atoms with E-state index in [0.29, 0.717) is 0 Å². The van der Waals surface area contributed by atoms with Crippen molar-refractivity contribution in [3.05, 3.63) is 12.3 Å². The molecule has 3 heteroatoms. The molecule has 0 atom stereocenters. The van der Waals surface area contributed by atoms with E-state index >= 15 is 0 Å². The Labute approximate surface area is 108 Å². The predicted molar refractivity (Wildman–Crippen MR) is 58.5 cm³/mol. The Morgan fingerprint density at radius 2 is 1.54 bits per heavy atom. The molecule has 0 aromatic heterocycles. The van der Waals surface area contributed by atoms with Crippen LogP contribution in [0.25, 0.3) is 0 Å². The van der Waals surface area contributed by atoms with Crippen molar-refractivity contribution in [1.29, 1.82) is 0 Å². The van der Waals surface area contributed by atoms with Crippen LogP contribution in [0.5, 0.6) is 0 Å². The molecule has 0 nitrogen and oxygen atoms in total. The zero-order valence-electron chi connectivity index (χ0n) is 9.79. The zero-order chi connectivity index (χ0) is 10.2. The molecule has 0 heterocycles. The van der Waals surface area contributed by atoms with Crippen molar-refractivity contribution >= 4 is 4.90 Å². The van der Waals surface area contributed by atoms with E-state index in [1.54, 1.807) is 5.92 Å². The summed E-state index contributed by atoms with van der Waals surface area (Å²) in [5, 5.41) is 0. The van der Waals surface area contributed by atoms with Gasteiger partial charge in [0, 0.05) is 0 Å². The van der Waals surface area contributed by atoms with Crippen LogP contribution in [0.1, 0.15) is 34.1 Å². The summed E-state index contributed by atoms with van der Waals surface area (Å²) in [5.41, 5.74) is 0. The molecule has 0 saturated heterocycles. The predicted octanol–water partition coefficient (Wildman–Crippen LogP) is 3.96. The van der Waals surface area contributed by atoms with E-state index in [1.807, 2.05) is 39.1 Å². The number of hydrogen-bond acceptors (Lipinski definition) is 0. The van der Waals surface area contributed by atoms with Gasteiger partial charge in [0.05, 0.1) is 0 Å².